The summed E-state index contributed by atoms with van der Waals surface area (Å²) in [6.07, 6.45) is 10.3. The molecule has 0 aliphatic heterocycles. The maximum atomic E-state index is 11.3. The number of ether oxygens (including phenoxy) is 1. The second-order valence-corrected chi connectivity index (χ2v) is 5.00. The van der Waals surface area contributed by atoms with Crippen molar-refractivity contribution in [3.8, 4) is 0 Å². The second kappa shape index (κ2) is 3.92. The predicted octanol–water partition coefficient (Wildman–Crippen LogP) is 2.91. The van der Waals surface area contributed by atoms with Gasteiger partial charge in [-0.05, 0) is 43.9 Å². The summed E-state index contributed by atoms with van der Waals surface area (Å²) in [6.45, 7) is 0. The van der Waals surface area contributed by atoms with E-state index in [1.807, 2.05) is 0 Å². The summed E-state index contributed by atoms with van der Waals surface area (Å²) in [4.78, 5) is 11.3. The third-order valence-corrected chi connectivity index (χ3v) is 4.24. The van der Waals surface area contributed by atoms with Crippen LogP contribution < -0.4 is 0 Å². The van der Waals surface area contributed by atoms with Crippen LogP contribution in [0.4, 0.5) is 0 Å². The van der Waals surface area contributed by atoms with E-state index in [1.54, 1.807) is 0 Å². The van der Waals surface area contributed by atoms with Gasteiger partial charge in [-0.1, -0.05) is 12.8 Å². The molecule has 14 heavy (non-hydrogen) atoms. The highest BCUT2D eigenvalue weighted by Gasteiger charge is 2.39. The van der Waals surface area contributed by atoms with E-state index < -0.39 is 0 Å². The van der Waals surface area contributed by atoms with Gasteiger partial charge in [0.05, 0.1) is 13.0 Å². The van der Waals surface area contributed by atoms with Gasteiger partial charge in [-0.25, -0.2) is 0 Å². The first-order valence-corrected chi connectivity index (χ1v) is 5.84. The molecular weight excluding hydrogens is 176 g/mol. The summed E-state index contributed by atoms with van der Waals surface area (Å²) in [5.41, 5.74) is 0.629. The van der Waals surface area contributed by atoms with Crippen LogP contribution in [-0.4, -0.2) is 13.1 Å². The third kappa shape index (κ3) is 1.79. The maximum absolute atomic E-state index is 11.3. The maximum Gasteiger partial charge on any atom is 0.308 e. The average molecular weight is 196 g/mol. The van der Waals surface area contributed by atoms with Gasteiger partial charge in [-0.15, -0.1) is 0 Å². The summed E-state index contributed by atoms with van der Waals surface area (Å²) >= 11 is 0. The zero-order valence-electron chi connectivity index (χ0n) is 9.05. The van der Waals surface area contributed by atoms with Gasteiger partial charge in [0.15, 0.2) is 0 Å². The molecule has 0 N–H and O–H groups in total. The lowest BCUT2D eigenvalue weighted by molar-refractivity contribution is -0.147. The Balaban J connectivity index is 1.88. The van der Waals surface area contributed by atoms with Gasteiger partial charge in [0.2, 0.25) is 0 Å². The van der Waals surface area contributed by atoms with Crippen molar-refractivity contribution < 1.29 is 9.53 Å². The lowest BCUT2D eigenvalue weighted by Gasteiger charge is -2.36. The molecule has 0 atom stereocenters. The molecule has 2 saturated carbocycles. The van der Waals surface area contributed by atoms with E-state index in [1.165, 1.54) is 45.6 Å². The van der Waals surface area contributed by atoms with Crippen molar-refractivity contribution >= 4 is 5.97 Å². The number of methoxy groups -OCH3 is 1. The Kier molecular flexibility index (Phi) is 2.80. The predicted molar refractivity (Wildman–Crippen MR) is 54.9 cm³/mol. The molecule has 2 aliphatic rings. The van der Waals surface area contributed by atoms with Crippen molar-refractivity contribution in [3.63, 3.8) is 0 Å². The van der Waals surface area contributed by atoms with Crippen molar-refractivity contribution in [2.24, 2.45) is 11.3 Å². The molecule has 0 unspecified atom stereocenters. The molecule has 1 spiro atoms. The third-order valence-electron chi connectivity index (χ3n) is 4.24. The standard InChI is InChI=1S/C12H20O2/c1-14-11(13)10-4-8-12(9-5-10)6-2-3-7-12/h10H,2-9H2,1H3. The Morgan fingerprint density at radius 2 is 1.71 bits per heavy atom. The zero-order valence-corrected chi connectivity index (χ0v) is 9.05. The monoisotopic (exact) mass is 196 g/mol. The largest absolute Gasteiger partial charge is 0.469 e. The van der Waals surface area contributed by atoms with Gasteiger partial charge >= 0.3 is 5.97 Å². The molecular formula is C12H20O2. The Morgan fingerprint density at radius 1 is 1.14 bits per heavy atom. The van der Waals surface area contributed by atoms with Crippen molar-refractivity contribution in [2.45, 2.75) is 51.4 Å². The molecule has 0 heterocycles. The van der Waals surface area contributed by atoms with Crippen LogP contribution in [0.5, 0.6) is 0 Å². The van der Waals surface area contributed by atoms with E-state index in [9.17, 15) is 4.79 Å². The first-order chi connectivity index (χ1) is 6.76. The van der Waals surface area contributed by atoms with Gasteiger partial charge in [0.1, 0.15) is 0 Å². The Morgan fingerprint density at radius 3 is 2.21 bits per heavy atom. The molecule has 0 saturated heterocycles. The summed E-state index contributed by atoms with van der Waals surface area (Å²) in [6, 6.07) is 0. The second-order valence-electron chi connectivity index (χ2n) is 5.00. The molecule has 80 valence electrons. The van der Waals surface area contributed by atoms with E-state index in [0.29, 0.717) is 5.41 Å². The van der Waals surface area contributed by atoms with Crippen LogP contribution in [0, 0.1) is 11.3 Å². The van der Waals surface area contributed by atoms with Crippen LogP contribution in [-0.2, 0) is 9.53 Å². The highest BCUT2D eigenvalue weighted by molar-refractivity contribution is 5.72. The molecule has 0 aromatic heterocycles. The molecule has 2 rings (SSSR count). The lowest BCUT2D eigenvalue weighted by atomic mass is 9.69. The van der Waals surface area contributed by atoms with Gasteiger partial charge in [-0.2, -0.15) is 0 Å². The van der Waals surface area contributed by atoms with Gasteiger partial charge in [0.25, 0.3) is 0 Å². The number of hydrogen-bond acceptors (Lipinski definition) is 2. The van der Waals surface area contributed by atoms with E-state index in [2.05, 4.69) is 0 Å². The van der Waals surface area contributed by atoms with Crippen molar-refractivity contribution in [1.29, 1.82) is 0 Å². The van der Waals surface area contributed by atoms with Crippen LogP contribution in [0.3, 0.4) is 0 Å². The Hall–Kier alpha value is -0.530. The minimum Gasteiger partial charge on any atom is -0.469 e. The molecule has 2 fully saturated rings. The Bertz CT molecular complexity index is 206. The number of esters is 1. The van der Waals surface area contributed by atoms with E-state index in [-0.39, 0.29) is 11.9 Å². The van der Waals surface area contributed by atoms with Crippen LogP contribution in [0.15, 0.2) is 0 Å². The number of carbonyl (C=O) groups excluding carboxylic acids is 1. The first kappa shape index (κ1) is 10.0. The Labute approximate surface area is 86.0 Å². The minimum absolute atomic E-state index is 0.0119. The topological polar surface area (TPSA) is 26.3 Å². The number of carbonyl (C=O) groups is 1. The van der Waals surface area contributed by atoms with Crippen molar-refractivity contribution in [1.82, 2.24) is 0 Å². The van der Waals surface area contributed by atoms with Crippen molar-refractivity contribution in [3.05, 3.63) is 0 Å². The van der Waals surface area contributed by atoms with Gasteiger partial charge in [-0.3, -0.25) is 4.79 Å². The van der Waals surface area contributed by atoms with E-state index in [4.69, 9.17) is 4.74 Å². The number of hydrogen-bond donors (Lipinski definition) is 0. The summed E-state index contributed by atoms with van der Waals surface area (Å²) in [5, 5.41) is 0. The smallest absolute Gasteiger partial charge is 0.308 e. The molecule has 2 aliphatic carbocycles. The fraction of sp³-hybridized carbons (Fsp3) is 0.917. The van der Waals surface area contributed by atoms with Crippen LogP contribution in [0.1, 0.15) is 51.4 Å². The lowest BCUT2D eigenvalue weighted by Crippen LogP contribution is -2.28. The molecule has 0 aromatic rings. The molecule has 0 amide bonds. The van der Waals surface area contributed by atoms with Crippen LogP contribution in [0.25, 0.3) is 0 Å². The fourth-order valence-electron chi connectivity index (χ4n) is 3.26. The van der Waals surface area contributed by atoms with Crippen LogP contribution in [0.2, 0.25) is 0 Å². The molecule has 0 bridgehead atoms. The summed E-state index contributed by atoms with van der Waals surface area (Å²) in [7, 11) is 1.50. The normalized spacial score (nSPS) is 26.6. The molecule has 2 nitrogen and oxygen atoms in total. The minimum atomic E-state index is 0.0119. The first-order valence-electron chi connectivity index (χ1n) is 5.84. The van der Waals surface area contributed by atoms with Crippen molar-refractivity contribution in [2.75, 3.05) is 7.11 Å². The quantitative estimate of drug-likeness (QED) is 0.603. The molecule has 2 heteroatoms. The highest BCUT2D eigenvalue weighted by atomic mass is 16.5. The van der Waals surface area contributed by atoms with E-state index in [0.717, 1.165) is 12.8 Å². The summed E-state index contributed by atoms with van der Waals surface area (Å²) in [5.74, 6) is 0.212. The van der Waals surface area contributed by atoms with Gasteiger partial charge in [0, 0.05) is 0 Å². The number of rotatable bonds is 1. The highest BCUT2D eigenvalue weighted by Crippen LogP contribution is 2.50. The zero-order chi connectivity index (χ0) is 10.0. The van der Waals surface area contributed by atoms with E-state index >= 15 is 0 Å². The van der Waals surface area contributed by atoms with Crippen LogP contribution >= 0.6 is 0 Å². The molecule has 0 aromatic carbocycles. The average Bonchev–Trinajstić information content (AvgIpc) is 2.67. The SMILES string of the molecule is COC(=O)C1CCC2(CCCC2)CC1. The van der Waals surface area contributed by atoms with Gasteiger partial charge < -0.3 is 4.74 Å². The molecule has 0 radical (unpaired) electrons. The fourth-order valence-corrected chi connectivity index (χ4v) is 3.26. The summed E-state index contributed by atoms with van der Waals surface area (Å²) < 4.78 is 4.80.